The summed E-state index contributed by atoms with van der Waals surface area (Å²) in [6.07, 6.45) is 0. The van der Waals surface area contributed by atoms with E-state index in [1.807, 2.05) is 35.7 Å². The maximum atomic E-state index is 12.2. The minimum Gasteiger partial charge on any atom is -0.497 e. The fourth-order valence-electron chi connectivity index (χ4n) is 2.81. The zero-order chi connectivity index (χ0) is 20.4. The lowest BCUT2D eigenvalue weighted by molar-refractivity contribution is -0.115. The smallest absolute Gasteiger partial charge is 0.230 e. The van der Waals surface area contributed by atoms with Crippen LogP contribution < -0.4 is 9.64 Å². The average Bonchev–Trinajstić information content (AvgIpc) is 3.32. The van der Waals surface area contributed by atoms with Crippen molar-refractivity contribution in [2.45, 2.75) is 17.8 Å². The van der Waals surface area contributed by atoms with Crippen molar-refractivity contribution in [1.29, 1.82) is 0 Å². The number of hydrogen-bond acceptors (Lipinski definition) is 6. The number of carbonyl (C=O) groups excluding carboxylic acids is 1. The predicted molar refractivity (Wildman–Crippen MR) is 119 cm³/mol. The van der Waals surface area contributed by atoms with Gasteiger partial charge < -0.3 is 9.72 Å². The molecular formula is C20H17ClN4O2S2. The molecule has 148 valence electrons. The van der Waals surface area contributed by atoms with Gasteiger partial charge in [0.2, 0.25) is 5.91 Å². The summed E-state index contributed by atoms with van der Waals surface area (Å²) in [5.74, 6) is 1.30. The van der Waals surface area contributed by atoms with Gasteiger partial charge in [-0.1, -0.05) is 29.4 Å². The Balaban J connectivity index is 1.50. The first-order chi connectivity index (χ1) is 14.0. The molecule has 0 atom stereocenters. The van der Waals surface area contributed by atoms with Crippen LogP contribution in [0.15, 0.2) is 53.0 Å². The van der Waals surface area contributed by atoms with Gasteiger partial charge in [-0.05, 0) is 30.3 Å². The lowest BCUT2D eigenvalue weighted by Gasteiger charge is -2.18. The lowest BCUT2D eigenvalue weighted by Crippen LogP contribution is -2.22. The number of rotatable bonds is 6. The van der Waals surface area contributed by atoms with Gasteiger partial charge in [0, 0.05) is 29.1 Å². The average molecular weight is 445 g/mol. The SMILES string of the molecule is COc1ccc2nc(SCc3csc(N(C(C)=O)c4cccc(Cl)c4)n3)[nH]c2c1. The summed E-state index contributed by atoms with van der Waals surface area (Å²) in [6, 6.07) is 12.9. The minimum atomic E-state index is -0.118. The number of carbonyl (C=O) groups is 1. The molecule has 0 radical (unpaired) electrons. The van der Waals surface area contributed by atoms with E-state index >= 15 is 0 Å². The molecule has 29 heavy (non-hydrogen) atoms. The third-order valence-corrected chi connectivity index (χ3v) is 6.15. The normalized spacial score (nSPS) is 11.0. The van der Waals surface area contributed by atoms with Gasteiger partial charge in [0.15, 0.2) is 10.3 Å². The summed E-state index contributed by atoms with van der Waals surface area (Å²) in [6.45, 7) is 1.51. The van der Waals surface area contributed by atoms with Gasteiger partial charge in [-0.25, -0.2) is 9.97 Å². The number of halogens is 1. The number of nitrogens with zero attached hydrogens (tertiary/aromatic N) is 3. The number of anilines is 2. The van der Waals surface area contributed by atoms with E-state index in [-0.39, 0.29) is 5.91 Å². The van der Waals surface area contributed by atoms with Crippen molar-refractivity contribution in [2.24, 2.45) is 0 Å². The number of amides is 1. The van der Waals surface area contributed by atoms with Crippen LogP contribution in [0.2, 0.25) is 5.02 Å². The van der Waals surface area contributed by atoms with E-state index in [0.717, 1.165) is 27.6 Å². The van der Waals surface area contributed by atoms with Crippen molar-refractivity contribution in [3.05, 3.63) is 58.6 Å². The molecule has 0 aliphatic heterocycles. The highest BCUT2D eigenvalue weighted by Gasteiger charge is 2.18. The van der Waals surface area contributed by atoms with Crippen molar-refractivity contribution in [2.75, 3.05) is 12.0 Å². The molecule has 0 unspecified atom stereocenters. The standard InChI is InChI=1S/C20H17ClN4O2S2/c1-12(26)25(15-5-3-4-13(21)8-15)20-22-14(11-29-20)10-28-19-23-17-7-6-16(27-2)9-18(17)24-19/h3-9,11H,10H2,1-2H3,(H,23,24). The Morgan fingerprint density at radius 1 is 1.28 bits per heavy atom. The number of fused-ring (bicyclic) bond motifs is 1. The molecule has 0 aliphatic carbocycles. The van der Waals surface area contributed by atoms with Gasteiger partial charge in [0.1, 0.15) is 5.75 Å². The number of nitrogens with one attached hydrogen (secondary N) is 1. The summed E-state index contributed by atoms with van der Waals surface area (Å²) in [7, 11) is 1.64. The largest absolute Gasteiger partial charge is 0.497 e. The Morgan fingerprint density at radius 2 is 2.14 bits per heavy atom. The van der Waals surface area contributed by atoms with Gasteiger partial charge in [0.25, 0.3) is 0 Å². The van der Waals surface area contributed by atoms with E-state index in [9.17, 15) is 4.79 Å². The summed E-state index contributed by atoms with van der Waals surface area (Å²) in [5, 5.41) is 3.95. The third kappa shape index (κ3) is 4.39. The maximum absolute atomic E-state index is 12.2. The van der Waals surface area contributed by atoms with Crippen LogP contribution in [0.25, 0.3) is 11.0 Å². The van der Waals surface area contributed by atoms with Gasteiger partial charge in [-0.3, -0.25) is 9.69 Å². The van der Waals surface area contributed by atoms with Crippen LogP contribution in [0.4, 0.5) is 10.8 Å². The Morgan fingerprint density at radius 3 is 2.90 bits per heavy atom. The highest BCUT2D eigenvalue weighted by Crippen LogP contribution is 2.32. The number of hydrogen-bond donors (Lipinski definition) is 1. The first-order valence-electron chi connectivity index (χ1n) is 8.70. The maximum Gasteiger partial charge on any atom is 0.230 e. The van der Waals surface area contributed by atoms with Crippen LogP contribution in [0.3, 0.4) is 0 Å². The van der Waals surface area contributed by atoms with Gasteiger partial charge in [-0.15, -0.1) is 11.3 Å². The molecule has 2 heterocycles. The van der Waals surface area contributed by atoms with E-state index in [4.69, 9.17) is 16.3 Å². The zero-order valence-electron chi connectivity index (χ0n) is 15.7. The Hall–Kier alpha value is -2.55. The molecule has 4 rings (SSSR count). The van der Waals surface area contributed by atoms with E-state index in [2.05, 4.69) is 15.0 Å². The highest BCUT2D eigenvalue weighted by atomic mass is 35.5. The number of benzene rings is 2. The van der Waals surface area contributed by atoms with Gasteiger partial charge >= 0.3 is 0 Å². The molecule has 0 saturated carbocycles. The number of thiazole rings is 1. The van der Waals surface area contributed by atoms with E-state index in [1.165, 1.54) is 18.3 Å². The first-order valence-corrected chi connectivity index (χ1v) is 10.9. The molecule has 1 N–H and O–H groups in total. The lowest BCUT2D eigenvalue weighted by atomic mass is 10.3. The number of methoxy groups -OCH3 is 1. The summed E-state index contributed by atoms with van der Waals surface area (Å²) >= 11 is 9.06. The topological polar surface area (TPSA) is 71.1 Å². The first kappa shape index (κ1) is 19.8. The van der Waals surface area contributed by atoms with Crippen molar-refractivity contribution in [1.82, 2.24) is 15.0 Å². The molecule has 2 aromatic carbocycles. The van der Waals surface area contributed by atoms with Crippen molar-refractivity contribution in [3.63, 3.8) is 0 Å². The molecule has 0 spiro atoms. The number of aromatic nitrogens is 3. The number of imidazole rings is 1. The van der Waals surface area contributed by atoms with Crippen LogP contribution >= 0.6 is 34.7 Å². The fourth-order valence-corrected chi connectivity index (χ4v) is 4.76. The van der Waals surface area contributed by atoms with Crippen LogP contribution in [0, 0.1) is 0 Å². The number of thioether (sulfide) groups is 1. The monoisotopic (exact) mass is 444 g/mol. The number of ether oxygens (including phenoxy) is 1. The minimum absolute atomic E-state index is 0.118. The Bertz CT molecular complexity index is 1170. The second kappa shape index (κ2) is 8.44. The molecule has 1 amide bonds. The number of H-pyrrole nitrogens is 1. The highest BCUT2D eigenvalue weighted by molar-refractivity contribution is 7.98. The second-order valence-electron chi connectivity index (χ2n) is 6.17. The Kier molecular flexibility index (Phi) is 5.75. The predicted octanol–water partition coefficient (Wildman–Crippen LogP) is 5.66. The molecular weight excluding hydrogens is 428 g/mol. The summed E-state index contributed by atoms with van der Waals surface area (Å²) in [5.41, 5.74) is 3.39. The molecule has 9 heteroatoms. The fraction of sp³-hybridized carbons (Fsp3) is 0.150. The van der Waals surface area contributed by atoms with Gasteiger partial charge in [0.05, 0.1) is 29.5 Å². The van der Waals surface area contributed by atoms with E-state index in [1.54, 1.807) is 35.9 Å². The molecule has 4 aromatic rings. The van der Waals surface area contributed by atoms with Crippen LogP contribution in [-0.2, 0) is 10.5 Å². The number of aromatic amines is 1. The zero-order valence-corrected chi connectivity index (χ0v) is 18.1. The summed E-state index contributed by atoms with van der Waals surface area (Å²) in [4.78, 5) is 26.3. The van der Waals surface area contributed by atoms with E-state index in [0.29, 0.717) is 21.6 Å². The molecule has 0 aliphatic rings. The van der Waals surface area contributed by atoms with Crippen LogP contribution in [0.1, 0.15) is 12.6 Å². The molecule has 2 aromatic heterocycles. The summed E-state index contributed by atoms with van der Waals surface area (Å²) < 4.78 is 5.25. The van der Waals surface area contributed by atoms with Crippen molar-refractivity contribution >= 4 is 62.5 Å². The molecule has 0 fully saturated rings. The quantitative estimate of drug-likeness (QED) is 0.388. The van der Waals surface area contributed by atoms with Crippen LogP contribution in [0.5, 0.6) is 5.75 Å². The van der Waals surface area contributed by atoms with E-state index < -0.39 is 0 Å². The second-order valence-corrected chi connectivity index (χ2v) is 8.41. The van der Waals surface area contributed by atoms with Gasteiger partial charge in [-0.2, -0.15) is 0 Å². The van der Waals surface area contributed by atoms with Crippen molar-refractivity contribution < 1.29 is 9.53 Å². The molecule has 0 bridgehead atoms. The Labute approximate surface area is 180 Å². The molecule has 6 nitrogen and oxygen atoms in total. The molecule has 0 saturated heterocycles. The van der Waals surface area contributed by atoms with Crippen LogP contribution in [-0.4, -0.2) is 28.0 Å². The third-order valence-electron chi connectivity index (χ3n) is 4.14. The van der Waals surface area contributed by atoms with Crippen molar-refractivity contribution in [3.8, 4) is 5.75 Å².